The van der Waals surface area contributed by atoms with Crippen LogP contribution in [0.2, 0.25) is 0 Å². The first-order valence-electron chi connectivity index (χ1n) is 4.07. The smallest absolute Gasteiger partial charge is 0.233 e. The Bertz CT molecular complexity index is 170. The molecule has 0 unspecified atom stereocenters. The molecule has 0 atom stereocenters. The Morgan fingerprint density at radius 2 is 2.25 bits per heavy atom. The summed E-state index contributed by atoms with van der Waals surface area (Å²) in [6, 6.07) is 0. The van der Waals surface area contributed by atoms with Crippen LogP contribution in [0.15, 0.2) is 0 Å². The molecule has 0 fully saturated rings. The molecule has 0 bridgehead atoms. The largest absolute Gasteiger partial charge is 0.355 e. The fourth-order valence-electron chi connectivity index (χ4n) is 0.629. The molecule has 12 heavy (non-hydrogen) atoms. The van der Waals surface area contributed by atoms with E-state index in [4.69, 9.17) is 6.42 Å². The predicted octanol–water partition coefficient (Wildman–Crippen LogP) is -0.0186. The zero-order valence-corrected chi connectivity index (χ0v) is 7.68. The Morgan fingerprint density at radius 1 is 1.58 bits per heavy atom. The van der Waals surface area contributed by atoms with Crippen LogP contribution >= 0.6 is 0 Å². The van der Waals surface area contributed by atoms with Crippen molar-refractivity contribution in [3.05, 3.63) is 0 Å². The summed E-state index contributed by atoms with van der Waals surface area (Å²) in [7, 11) is 0. The minimum Gasteiger partial charge on any atom is -0.355 e. The normalized spacial score (nSPS) is 9.50. The van der Waals surface area contributed by atoms with Crippen LogP contribution in [0.4, 0.5) is 0 Å². The third-order valence-corrected chi connectivity index (χ3v) is 1.22. The fourth-order valence-corrected chi connectivity index (χ4v) is 0.629. The van der Waals surface area contributed by atoms with Crippen molar-refractivity contribution in [3.8, 4) is 12.3 Å². The van der Waals surface area contributed by atoms with E-state index in [-0.39, 0.29) is 5.91 Å². The maximum Gasteiger partial charge on any atom is 0.233 e. The maximum absolute atomic E-state index is 11.0. The molecule has 2 N–H and O–H groups in total. The number of rotatable bonds is 5. The van der Waals surface area contributed by atoms with E-state index in [2.05, 4.69) is 30.4 Å². The molecule has 0 aliphatic rings. The van der Waals surface area contributed by atoms with Crippen molar-refractivity contribution in [3.63, 3.8) is 0 Å². The van der Waals surface area contributed by atoms with Crippen molar-refractivity contribution in [2.24, 2.45) is 5.92 Å². The lowest BCUT2D eigenvalue weighted by atomic mass is 10.2. The highest BCUT2D eigenvalue weighted by molar-refractivity contribution is 5.77. The quantitative estimate of drug-likeness (QED) is 0.447. The topological polar surface area (TPSA) is 41.1 Å². The standard InChI is InChI=1S/C9H16N2O/c1-4-5-10-7-9(12)11-6-8(2)3/h1,8,10H,5-7H2,2-3H3,(H,11,12). The van der Waals surface area contributed by atoms with E-state index >= 15 is 0 Å². The lowest BCUT2D eigenvalue weighted by Gasteiger charge is -2.06. The number of terminal acetylenes is 1. The van der Waals surface area contributed by atoms with Crippen molar-refractivity contribution in [2.45, 2.75) is 13.8 Å². The Kier molecular flexibility index (Phi) is 6.12. The number of amides is 1. The predicted molar refractivity (Wildman–Crippen MR) is 49.6 cm³/mol. The number of hydrogen-bond acceptors (Lipinski definition) is 2. The van der Waals surface area contributed by atoms with Gasteiger partial charge in [-0.1, -0.05) is 19.8 Å². The summed E-state index contributed by atoms with van der Waals surface area (Å²) in [4.78, 5) is 11.0. The molecule has 0 radical (unpaired) electrons. The van der Waals surface area contributed by atoms with Gasteiger partial charge in [0.2, 0.25) is 5.91 Å². The second-order valence-electron chi connectivity index (χ2n) is 3.01. The Morgan fingerprint density at radius 3 is 2.75 bits per heavy atom. The zero-order valence-electron chi connectivity index (χ0n) is 7.68. The van der Waals surface area contributed by atoms with Crippen LogP contribution in [0, 0.1) is 18.3 Å². The van der Waals surface area contributed by atoms with E-state index in [1.807, 2.05) is 0 Å². The molecule has 0 aliphatic carbocycles. The number of carbonyl (C=O) groups is 1. The summed E-state index contributed by atoms with van der Waals surface area (Å²) in [6.45, 7) is 5.56. The van der Waals surface area contributed by atoms with Gasteiger partial charge in [-0.15, -0.1) is 6.42 Å². The van der Waals surface area contributed by atoms with Gasteiger partial charge in [-0.05, 0) is 5.92 Å². The van der Waals surface area contributed by atoms with Gasteiger partial charge >= 0.3 is 0 Å². The van der Waals surface area contributed by atoms with Gasteiger partial charge in [-0.3, -0.25) is 10.1 Å². The Labute approximate surface area is 73.9 Å². The monoisotopic (exact) mass is 168 g/mol. The number of nitrogens with one attached hydrogen (secondary N) is 2. The molecular formula is C9H16N2O. The van der Waals surface area contributed by atoms with E-state index in [1.54, 1.807) is 0 Å². The van der Waals surface area contributed by atoms with Crippen molar-refractivity contribution in [1.82, 2.24) is 10.6 Å². The number of carbonyl (C=O) groups excluding carboxylic acids is 1. The molecule has 0 saturated carbocycles. The van der Waals surface area contributed by atoms with Crippen LogP contribution in [-0.2, 0) is 4.79 Å². The molecule has 0 aliphatic heterocycles. The summed E-state index contributed by atoms with van der Waals surface area (Å²) < 4.78 is 0. The number of hydrogen-bond donors (Lipinski definition) is 2. The zero-order chi connectivity index (χ0) is 9.40. The second-order valence-corrected chi connectivity index (χ2v) is 3.01. The average molecular weight is 168 g/mol. The molecule has 0 aromatic heterocycles. The SMILES string of the molecule is C#CCNCC(=O)NCC(C)C. The third kappa shape index (κ3) is 7.10. The van der Waals surface area contributed by atoms with Gasteiger partial charge in [0.25, 0.3) is 0 Å². The summed E-state index contributed by atoms with van der Waals surface area (Å²) >= 11 is 0. The van der Waals surface area contributed by atoms with Gasteiger partial charge < -0.3 is 5.32 Å². The fraction of sp³-hybridized carbons (Fsp3) is 0.667. The lowest BCUT2D eigenvalue weighted by Crippen LogP contribution is -2.35. The molecule has 0 rings (SSSR count). The van der Waals surface area contributed by atoms with Crippen LogP contribution in [0.25, 0.3) is 0 Å². The summed E-state index contributed by atoms with van der Waals surface area (Å²) in [5.74, 6) is 2.88. The maximum atomic E-state index is 11.0. The molecule has 0 heterocycles. The van der Waals surface area contributed by atoms with Crippen molar-refractivity contribution >= 4 is 5.91 Å². The summed E-state index contributed by atoms with van der Waals surface area (Å²) in [6.07, 6.45) is 4.99. The van der Waals surface area contributed by atoms with E-state index in [0.29, 0.717) is 19.0 Å². The van der Waals surface area contributed by atoms with Crippen LogP contribution in [0.5, 0.6) is 0 Å². The average Bonchev–Trinajstić information content (AvgIpc) is 2.01. The van der Waals surface area contributed by atoms with Gasteiger partial charge in [-0.2, -0.15) is 0 Å². The van der Waals surface area contributed by atoms with Gasteiger partial charge in [0.1, 0.15) is 0 Å². The van der Waals surface area contributed by atoms with E-state index in [1.165, 1.54) is 0 Å². The van der Waals surface area contributed by atoms with Gasteiger partial charge in [0, 0.05) is 6.54 Å². The van der Waals surface area contributed by atoms with Crippen molar-refractivity contribution < 1.29 is 4.79 Å². The molecule has 3 heteroatoms. The van der Waals surface area contributed by atoms with Crippen molar-refractivity contribution in [1.29, 1.82) is 0 Å². The second kappa shape index (κ2) is 6.68. The Balaban J connectivity index is 3.29. The first-order valence-corrected chi connectivity index (χ1v) is 4.07. The van der Waals surface area contributed by atoms with Crippen LogP contribution in [0.3, 0.4) is 0 Å². The molecular weight excluding hydrogens is 152 g/mol. The van der Waals surface area contributed by atoms with E-state index < -0.39 is 0 Å². The molecule has 1 amide bonds. The molecule has 68 valence electrons. The highest BCUT2D eigenvalue weighted by Crippen LogP contribution is 1.85. The van der Waals surface area contributed by atoms with E-state index in [0.717, 1.165) is 6.54 Å². The lowest BCUT2D eigenvalue weighted by molar-refractivity contribution is -0.120. The molecule has 0 aromatic carbocycles. The first-order chi connectivity index (χ1) is 5.66. The van der Waals surface area contributed by atoms with Crippen LogP contribution < -0.4 is 10.6 Å². The van der Waals surface area contributed by atoms with Crippen LogP contribution in [0.1, 0.15) is 13.8 Å². The minimum atomic E-state index is -0.000972. The van der Waals surface area contributed by atoms with Crippen LogP contribution in [-0.4, -0.2) is 25.5 Å². The Hall–Kier alpha value is -1.01. The van der Waals surface area contributed by atoms with Gasteiger partial charge in [-0.25, -0.2) is 0 Å². The van der Waals surface area contributed by atoms with Crippen molar-refractivity contribution in [2.75, 3.05) is 19.6 Å². The molecule has 0 aromatic rings. The van der Waals surface area contributed by atoms with Gasteiger partial charge in [0.05, 0.1) is 13.1 Å². The summed E-state index contributed by atoms with van der Waals surface area (Å²) in [5.41, 5.74) is 0. The van der Waals surface area contributed by atoms with Gasteiger partial charge in [0.15, 0.2) is 0 Å². The molecule has 3 nitrogen and oxygen atoms in total. The molecule has 0 spiro atoms. The summed E-state index contributed by atoms with van der Waals surface area (Å²) in [5, 5.41) is 5.58. The minimum absolute atomic E-state index is 0.000972. The highest BCUT2D eigenvalue weighted by atomic mass is 16.1. The molecule has 0 saturated heterocycles. The highest BCUT2D eigenvalue weighted by Gasteiger charge is 1.99. The van der Waals surface area contributed by atoms with E-state index in [9.17, 15) is 4.79 Å². The first kappa shape index (κ1) is 11.0. The third-order valence-electron chi connectivity index (χ3n) is 1.22.